The summed E-state index contributed by atoms with van der Waals surface area (Å²) >= 11 is 0. The smallest absolute Gasteiger partial charge is 0.226 e. The third kappa shape index (κ3) is 3.21. The van der Waals surface area contributed by atoms with E-state index in [4.69, 9.17) is 0 Å². The molecule has 1 aliphatic carbocycles. The highest BCUT2D eigenvalue weighted by atomic mass is 16.2. The highest BCUT2D eigenvalue weighted by Crippen LogP contribution is 2.30. The molecular weight excluding hydrogens is 212 g/mol. The van der Waals surface area contributed by atoms with E-state index in [0.29, 0.717) is 6.04 Å². The van der Waals surface area contributed by atoms with Crippen molar-refractivity contribution in [2.75, 3.05) is 13.1 Å². The van der Waals surface area contributed by atoms with Crippen LogP contribution in [0.2, 0.25) is 0 Å². The molecule has 98 valence electrons. The second-order valence-electron chi connectivity index (χ2n) is 6.25. The standard InChI is InChI=1S/C14H26N2O/c1-11-4-3-5-12(10-11)16-13(17)14(2)6-8-15-9-7-14/h11-12,15H,3-10H2,1-2H3,(H,16,17). The lowest BCUT2D eigenvalue weighted by Crippen LogP contribution is -2.49. The van der Waals surface area contributed by atoms with Gasteiger partial charge in [0.1, 0.15) is 0 Å². The number of nitrogens with one attached hydrogen (secondary N) is 2. The minimum atomic E-state index is -0.133. The average molecular weight is 238 g/mol. The molecule has 0 aromatic heterocycles. The van der Waals surface area contributed by atoms with E-state index in [1.165, 1.54) is 25.7 Å². The van der Waals surface area contributed by atoms with Crippen LogP contribution in [0.25, 0.3) is 0 Å². The lowest BCUT2D eigenvalue weighted by atomic mass is 9.79. The Labute approximate surface area is 105 Å². The van der Waals surface area contributed by atoms with Gasteiger partial charge in [-0.05, 0) is 44.7 Å². The largest absolute Gasteiger partial charge is 0.353 e. The van der Waals surface area contributed by atoms with E-state index in [1.807, 2.05) is 0 Å². The SMILES string of the molecule is CC1CCCC(NC(=O)C2(C)CCNCC2)C1. The van der Waals surface area contributed by atoms with Crippen molar-refractivity contribution >= 4 is 5.91 Å². The van der Waals surface area contributed by atoms with E-state index < -0.39 is 0 Å². The summed E-state index contributed by atoms with van der Waals surface area (Å²) < 4.78 is 0. The second-order valence-corrected chi connectivity index (χ2v) is 6.25. The van der Waals surface area contributed by atoms with E-state index in [9.17, 15) is 4.79 Å². The predicted octanol–water partition coefficient (Wildman–Crippen LogP) is 2.07. The van der Waals surface area contributed by atoms with Crippen LogP contribution in [0.4, 0.5) is 0 Å². The van der Waals surface area contributed by atoms with Gasteiger partial charge in [0.25, 0.3) is 0 Å². The molecule has 17 heavy (non-hydrogen) atoms. The number of hydrogen-bond donors (Lipinski definition) is 2. The van der Waals surface area contributed by atoms with Crippen molar-refractivity contribution in [2.24, 2.45) is 11.3 Å². The van der Waals surface area contributed by atoms with Crippen LogP contribution in [0.5, 0.6) is 0 Å². The first kappa shape index (κ1) is 12.9. The first-order valence-electron chi connectivity index (χ1n) is 7.12. The van der Waals surface area contributed by atoms with Gasteiger partial charge in [-0.1, -0.05) is 26.7 Å². The van der Waals surface area contributed by atoms with Gasteiger partial charge < -0.3 is 10.6 Å². The minimum Gasteiger partial charge on any atom is -0.353 e. The number of amides is 1. The van der Waals surface area contributed by atoms with Crippen molar-refractivity contribution in [3.63, 3.8) is 0 Å². The van der Waals surface area contributed by atoms with Gasteiger partial charge in [-0.15, -0.1) is 0 Å². The highest BCUT2D eigenvalue weighted by Gasteiger charge is 2.35. The molecule has 0 bridgehead atoms. The summed E-state index contributed by atoms with van der Waals surface area (Å²) in [6, 6.07) is 0.429. The van der Waals surface area contributed by atoms with Gasteiger partial charge in [0.15, 0.2) is 0 Å². The quantitative estimate of drug-likeness (QED) is 0.773. The van der Waals surface area contributed by atoms with E-state index in [-0.39, 0.29) is 11.3 Å². The second kappa shape index (κ2) is 5.38. The Hall–Kier alpha value is -0.570. The van der Waals surface area contributed by atoms with Crippen LogP contribution in [-0.2, 0) is 4.79 Å². The van der Waals surface area contributed by atoms with Gasteiger partial charge in [0.05, 0.1) is 0 Å². The average Bonchev–Trinajstić information content (AvgIpc) is 2.30. The van der Waals surface area contributed by atoms with Crippen molar-refractivity contribution in [3.8, 4) is 0 Å². The molecule has 2 unspecified atom stereocenters. The van der Waals surface area contributed by atoms with E-state index >= 15 is 0 Å². The van der Waals surface area contributed by atoms with E-state index in [0.717, 1.165) is 31.8 Å². The van der Waals surface area contributed by atoms with Crippen molar-refractivity contribution in [1.82, 2.24) is 10.6 Å². The third-order valence-electron chi connectivity index (χ3n) is 4.53. The molecule has 0 aromatic rings. The monoisotopic (exact) mass is 238 g/mol. The Bertz CT molecular complexity index is 271. The van der Waals surface area contributed by atoms with Crippen LogP contribution in [-0.4, -0.2) is 25.0 Å². The molecule has 1 saturated carbocycles. The summed E-state index contributed by atoms with van der Waals surface area (Å²) in [5, 5.41) is 6.62. The highest BCUT2D eigenvalue weighted by molar-refractivity contribution is 5.82. The maximum absolute atomic E-state index is 12.4. The van der Waals surface area contributed by atoms with Gasteiger partial charge in [0, 0.05) is 11.5 Å². The van der Waals surface area contributed by atoms with Crippen LogP contribution < -0.4 is 10.6 Å². The molecule has 0 radical (unpaired) electrons. The Morgan fingerprint density at radius 2 is 2.00 bits per heavy atom. The Morgan fingerprint density at radius 1 is 1.29 bits per heavy atom. The van der Waals surface area contributed by atoms with Crippen LogP contribution in [0.15, 0.2) is 0 Å². The maximum atomic E-state index is 12.4. The van der Waals surface area contributed by atoms with Crippen molar-refractivity contribution in [1.29, 1.82) is 0 Å². The van der Waals surface area contributed by atoms with Gasteiger partial charge in [-0.2, -0.15) is 0 Å². The Balaban J connectivity index is 1.87. The van der Waals surface area contributed by atoms with Crippen LogP contribution in [0.3, 0.4) is 0 Å². The van der Waals surface area contributed by atoms with E-state index in [2.05, 4.69) is 24.5 Å². The zero-order valence-corrected chi connectivity index (χ0v) is 11.2. The van der Waals surface area contributed by atoms with Crippen molar-refractivity contribution < 1.29 is 4.79 Å². The number of rotatable bonds is 2. The van der Waals surface area contributed by atoms with Gasteiger partial charge in [-0.3, -0.25) is 4.79 Å². The Kier molecular flexibility index (Phi) is 4.08. The summed E-state index contributed by atoms with van der Waals surface area (Å²) in [5.41, 5.74) is -0.133. The molecule has 2 atom stereocenters. The predicted molar refractivity (Wildman–Crippen MR) is 69.8 cm³/mol. The summed E-state index contributed by atoms with van der Waals surface area (Å²) in [6.45, 7) is 6.37. The fourth-order valence-corrected chi connectivity index (χ4v) is 3.13. The third-order valence-corrected chi connectivity index (χ3v) is 4.53. The first-order chi connectivity index (χ1) is 8.10. The van der Waals surface area contributed by atoms with Gasteiger partial charge in [0.2, 0.25) is 5.91 Å². The molecule has 0 aromatic carbocycles. The van der Waals surface area contributed by atoms with E-state index in [1.54, 1.807) is 0 Å². The van der Waals surface area contributed by atoms with Crippen LogP contribution in [0, 0.1) is 11.3 Å². The van der Waals surface area contributed by atoms with Crippen LogP contribution in [0.1, 0.15) is 52.4 Å². The molecule has 2 fully saturated rings. The number of carbonyl (C=O) groups is 1. The topological polar surface area (TPSA) is 41.1 Å². The molecular formula is C14H26N2O. The summed E-state index contributed by atoms with van der Waals surface area (Å²) in [5.74, 6) is 1.06. The fourth-order valence-electron chi connectivity index (χ4n) is 3.13. The molecule has 1 heterocycles. The maximum Gasteiger partial charge on any atom is 0.226 e. The summed E-state index contributed by atoms with van der Waals surface area (Å²) in [7, 11) is 0. The molecule has 2 aliphatic rings. The minimum absolute atomic E-state index is 0.133. The molecule has 2 N–H and O–H groups in total. The fraction of sp³-hybridized carbons (Fsp3) is 0.929. The van der Waals surface area contributed by atoms with Crippen molar-refractivity contribution in [3.05, 3.63) is 0 Å². The molecule has 3 nitrogen and oxygen atoms in total. The lowest BCUT2D eigenvalue weighted by Gasteiger charge is -2.36. The summed E-state index contributed by atoms with van der Waals surface area (Å²) in [6.07, 6.45) is 6.88. The van der Waals surface area contributed by atoms with Crippen molar-refractivity contribution in [2.45, 2.75) is 58.4 Å². The molecule has 1 saturated heterocycles. The lowest BCUT2D eigenvalue weighted by molar-refractivity contribution is -0.132. The number of piperidine rings is 1. The number of hydrogen-bond acceptors (Lipinski definition) is 2. The first-order valence-corrected chi connectivity index (χ1v) is 7.12. The van der Waals surface area contributed by atoms with Gasteiger partial charge in [-0.25, -0.2) is 0 Å². The molecule has 1 aliphatic heterocycles. The molecule has 0 spiro atoms. The normalized spacial score (nSPS) is 33.1. The zero-order chi connectivity index (χ0) is 12.3. The van der Waals surface area contributed by atoms with Crippen LogP contribution >= 0.6 is 0 Å². The Morgan fingerprint density at radius 3 is 2.65 bits per heavy atom. The number of carbonyl (C=O) groups excluding carboxylic acids is 1. The van der Waals surface area contributed by atoms with Gasteiger partial charge >= 0.3 is 0 Å². The zero-order valence-electron chi connectivity index (χ0n) is 11.2. The molecule has 1 amide bonds. The molecule has 2 rings (SSSR count). The molecule has 3 heteroatoms. The summed E-state index contributed by atoms with van der Waals surface area (Å²) in [4.78, 5) is 12.4.